The Kier molecular flexibility index (Phi) is 8.32. The SMILES string of the molecule is CN(C)CCCOCc1c2c(nn1COCC[Si](C)(C)C)-c1ccccc1Sc1ccccc1-2. The van der Waals surface area contributed by atoms with Gasteiger partial charge < -0.3 is 14.4 Å². The van der Waals surface area contributed by atoms with Gasteiger partial charge in [-0.1, -0.05) is 67.8 Å². The van der Waals surface area contributed by atoms with Crippen LogP contribution in [0.4, 0.5) is 0 Å². The molecular formula is C27H37N3O2SSi. The van der Waals surface area contributed by atoms with Crippen molar-refractivity contribution in [3.63, 3.8) is 0 Å². The summed E-state index contributed by atoms with van der Waals surface area (Å²) < 4.78 is 14.4. The van der Waals surface area contributed by atoms with Crippen LogP contribution in [0.15, 0.2) is 58.3 Å². The van der Waals surface area contributed by atoms with Crippen molar-refractivity contribution in [1.82, 2.24) is 14.7 Å². The van der Waals surface area contributed by atoms with Crippen LogP contribution in [0.5, 0.6) is 0 Å². The van der Waals surface area contributed by atoms with E-state index in [9.17, 15) is 0 Å². The molecule has 0 fully saturated rings. The van der Waals surface area contributed by atoms with E-state index in [0.717, 1.165) is 43.6 Å². The van der Waals surface area contributed by atoms with Gasteiger partial charge in [0, 0.05) is 42.2 Å². The molecule has 0 bridgehead atoms. The summed E-state index contributed by atoms with van der Waals surface area (Å²) in [6, 6.07) is 18.3. The smallest absolute Gasteiger partial charge is 0.139 e. The maximum absolute atomic E-state index is 6.20. The summed E-state index contributed by atoms with van der Waals surface area (Å²) in [6.07, 6.45) is 1.01. The lowest BCUT2D eigenvalue weighted by Gasteiger charge is -2.16. The van der Waals surface area contributed by atoms with Crippen molar-refractivity contribution in [1.29, 1.82) is 0 Å². The molecule has 5 nitrogen and oxygen atoms in total. The number of nitrogens with zero attached hydrogens (tertiary/aromatic N) is 3. The highest BCUT2D eigenvalue weighted by atomic mass is 32.2. The van der Waals surface area contributed by atoms with Gasteiger partial charge in [-0.25, -0.2) is 4.68 Å². The predicted octanol–water partition coefficient (Wildman–Crippen LogP) is 6.46. The highest BCUT2D eigenvalue weighted by Crippen LogP contribution is 2.48. The van der Waals surface area contributed by atoms with E-state index in [0.29, 0.717) is 13.3 Å². The van der Waals surface area contributed by atoms with Crippen LogP contribution in [0.25, 0.3) is 22.4 Å². The third-order valence-electron chi connectivity index (χ3n) is 5.92. The first kappa shape index (κ1) is 25.2. The third-order valence-corrected chi connectivity index (χ3v) is 8.77. The minimum Gasteiger partial charge on any atom is -0.375 e. The van der Waals surface area contributed by atoms with Crippen LogP contribution >= 0.6 is 11.8 Å². The van der Waals surface area contributed by atoms with Crippen LogP contribution in [0.2, 0.25) is 25.7 Å². The Morgan fingerprint density at radius 2 is 1.59 bits per heavy atom. The molecule has 0 amide bonds. The van der Waals surface area contributed by atoms with Crippen molar-refractivity contribution >= 4 is 19.8 Å². The summed E-state index contributed by atoms with van der Waals surface area (Å²) >= 11 is 1.82. The lowest BCUT2D eigenvalue weighted by atomic mass is 9.99. The standard InChI is InChI=1S/C27H37N3O2SSi/c1-29(2)15-10-16-31-19-23-26-21-11-6-8-13-24(21)33-25-14-9-7-12-22(25)27(26)28-30(23)20-32-17-18-34(3,4)5/h6-9,11-14H,10,15-20H2,1-5H3. The number of rotatable bonds is 11. The van der Waals surface area contributed by atoms with Gasteiger partial charge >= 0.3 is 0 Å². The maximum Gasteiger partial charge on any atom is 0.139 e. The highest BCUT2D eigenvalue weighted by molar-refractivity contribution is 7.99. The first-order chi connectivity index (χ1) is 16.3. The van der Waals surface area contributed by atoms with Crippen molar-refractivity contribution in [2.45, 2.75) is 55.2 Å². The Bertz CT molecular complexity index is 1110. The second-order valence-electron chi connectivity index (χ2n) is 10.3. The fourth-order valence-electron chi connectivity index (χ4n) is 4.03. The van der Waals surface area contributed by atoms with Gasteiger partial charge in [0.05, 0.1) is 12.3 Å². The van der Waals surface area contributed by atoms with E-state index in [1.54, 1.807) is 0 Å². The molecule has 0 unspecified atom stereocenters. The van der Waals surface area contributed by atoms with Gasteiger partial charge in [-0.15, -0.1) is 0 Å². The van der Waals surface area contributed by atoms with Gasteiger partial charge in [-0.2, -0.15) is 5.10 Å². The summed E-state index contributed by atoms with van der Waals surface area (Å²) in [5.41, 5.74) is 5.69. The molecule has 0 aliphatic carbocycles. The topological polar surface area (TPSA) is 39.5 Å². The number of hydrogen-bond acceptors (Lipinski definition) is 5. The molecule has 0 N–H and O–H groups in total. The lowest BCUT2D eigenvalue weighted by Crippen LogP contribution is -2.22. The molecule has 1 aliphatic heterocycles. The molecule has 3 aromatic rings. The van der Waals surface area contributed by atoms with Crippen LogP contribution < -0.4 is 0 Å². The van der Waals surface area contributed by atoms with E-state index in [1.807, 2.05) is 16.4 Å². The molecule has 2 heterocycles. The Labute approximate surface area is 209 Å². The van der Waals surface area contributed by atoms with Gasteiger partial charge in [-0.3, -0.25) is 0 Å². The van der Waals surface area contributed by atoms with Gasteiger partial charge in [0.2, 0.25) is 0 Å². The molecule has 2 aromatic carbocycles. The van der Waals surface area contributed by atoms with Gasteiger partial charge in [0.1, 0.15) is 12.4 Å². The first-order valence-corrected chi connectivity index (χ1v) is 16.6. The normalized spacial score (nSPS) is 12.9. The van der Waals surface area contributed by atoms with Crippen LogP contribution in [-0.2, 0) is 22.8 Å². The van der Waals surface area contributed by atoms with Gasteiger partial charge in [-0.05, 0) is 50.8 Å². The minimum absolute atomic E-state index is 0.450. The fourth-order valence-corrected chi connectivity index (χ4v) is 5.88. The first-order valence-electron chi connectivity index (χ1n) is 12.1. The lowest BCUT2D eigenvalue weighted by molar-refractivity contribution is 0.0637. The zero-order valence-electron chi connectivity index (χ0n) is 21.1. The van der Waals surface area contributed by atoms with Crippen LogP contribution in [0, 0.1) is 0 Å². The summed E-state index contributed by atoms with van der Waals surface area (Å²) in [4.78, 5) is 4.68. The third kappa shape index (κ3) is 6.20. The van der Waals surface area contributed by atoms with Gasteiger partial charge in [0.25, 0.3) is 0 Å². The molecular weight excluding hydrogens is 458 g/mol. The second kappa shape index (κ2) is 11.2. The average molecular weight is 496 g/mol. The van der Waals surface area contributed by atoms with Crippen molar-refractivity contribution in [2.75, 3.05) is 33.9 Å². The number of fused-ring (bicyclic) bond motifs is 5. The molecule has 4 rings (SSSR count). The summed E-state index contributed by atoms with van der Waals surface area (Å²) in [7, 11) is 3.05. The summed E-state index contributed by atoms with van der Waals surface area (Å²) in [5.74, 6) is 0. The molecule has 0 radical (unpaired) electrons. The van der Waals surface area contributed by atoms with E-state index < -0.39 is 8.07 Å². The van der Waals surface area contributed by atoms with E-state index in [-0.39, 0.29) is 0 Å². The van der Waals surface area contributed by atoms with Crippen molar-refractivity contribution in [3.05, 3.63) is 54.2 Å². The van der Waals surface area contributed by atoms with Gasteiger partial charge in [0.15, 0.2) is 0 Å². The molecule has 34 heavy (non-hydrogen) atoms. The number of hydrogen-bond donors (Lipinski definition) is 0. The van der Waals surface area contributed by atoms with E-state index in [1.165, 1.54) is 26.5 Å². The molecule has 0 atom stereocenters. The van der Waals surface area contributed by atoms with Crippen LogP contribution in [0.3, 0.4) is 0 Å². The second-order valence-corrected chi connectivity index (χ2v) is 17.0. The predicted molar refractivity (Wildman–Crippen MR) is 144 cm³/mol. The molecule has 0 saturated heterocycles. The van der Waals surface area contributed by atoms with E-state index >= 15 is 0 Å². The zero-order valence-corrected chi connectivity index (χ0v) is 23.0. The fraction of sp³-hybridized carbons (Fsp3) is 0.444. The number of benzene rings is 2. The average Bonchev–Trinajstić information content (AvgIpc) is 3.07. The van der Waals surface area contributed by atoms with E-state index in [2.05, 4.69) is 87.2 Å². The van der Waals surface area contributed by atoms with Crippen molar-refractivity contribution in [3.8, 4) is 22.4 Å². The molecule has 1 aromatic heterocycles. The Hall–Kier alpha value is -1.90. The largest absolute Gasteiger partial charge is 0.375 e. The quantitative estimate of drug-likeness (QED) is 0.176. The molecule has 182 valence electrons. The van der Waals surface area contributed by atoms with Crippen molar-refractivity contribution in [2.24, 2.45) is 0 Å². The Morgan fingerprint density at radius 1 is 0.912 bits per heavy atom. The molecule has 7 heteroatoms. The highest BCUT2D eigenvalue weighted by Gasteiger charge is 2.27. The minimum atomic E-state index is -1.15. The van der Waals surface area contributed by atoms with Crippen LogP contribution in [-0.4, -0.2) is 56.6 Å². The van der Waals surface area contributed by atoms with E-state index in [4.69, 9.17) is 14.6 Å². The number of aromatic nitrogens is 2. The number of ether oxygens (including phenoxy) is 2. The van der Waals surface area contributed by atoms with Crippen LogP contribution in [0.1, 0.15) is 12.1 Å². The summed E-state index contributed by atoms with van der Waals surface area (Å²) in [5, 5.41) is 5.11. The van der Waals surface area contributed by atoms with Crippen molar-refractivity contribution < 1.29 is 9.47 Å². The Morgan fingerprint density at radius 3 is 2.29 bits per heavy atom. The Balaban J connectivity index is 1.69. The maximum atomic E-state index is 6.20. The molecule has 0 saturated carbocycles. The molecule has 0 spiro atoms. The zero-order chi connectivity index (χ0) is 24.1. The monoisotopic (exact) mass is 495 g/mol. The molecule has 1 aliphatic rings. The summed E-state index contributed by atoms with van der Waals surface area (Å²) in [6.45, 7) is 10.6.